The number of halogens is 1. The molecule has 1 aromatic carbocycles. The molecule has 3 rings (SSSR count). The monoisotopic (exact) mass is 391 g/mol. The van der Waals surface area contributed by atoms with E-state index in [1.165, 1.54) is 10.4 Å². The number of carbonyl (C=O) groups is 1. The average Bonchev–Trinajstić information content (AvgIpc) is 3.15. The average molecular weight is 392 g/mol. The lowest BCUT2D eigenvalue weighted by atomic mass is 10.1. The van der Waals surface area contributed by atoms with Gasteiger partial charge in [0.25, 0.3) is 0 Å². The molecule has 6 heteroatoms. The minimum absolute atomic E-state index is 0.186. The maximum absolute atomic E-state index is 12.5. The highest BCUT2D eigenvalue weighted by Gasteiger charge is 2.25. The van der Waals surface area contributed by atoms with Crippen molar-refractivity contribution in [2.45, 2.75) is 19.5 Å². The standard InChI is InChI=1S/C20H26ClN3OS/c1-16(18-7-3-4-8-19(18)21)24-11-9-23(10-12-24)15-20(25)22(2)14-17-6-5-13-26-17/h3-8,13,16H,9-12,14-15H2,1-2H3. The van der Waals surface area contributed by atoms with Gasteiger partial charge in [0, 0.05) is 49.2 Å². The topological polar surface area (TPSA) is 26.8 Å². The lowest BCUT2D eigenvalue weighted by molar-refractivity contribution is -0.132. The fourth-order valence-electron chi connectivity index (χ4n) is 3.36. The molecule has 1 saturated heterocycles. The molecule has 1 fully saturated rings. The molecule has 1 unspecified atom stereocenters. The molecule has 1 aliphatic heterocycles. The van der Waals surface area contributed by atoms with Crippen LogP contribution in [0.15, 0.2) is 41.8 Å². The van der Waals surface area contributed by atoms with Gasteiger partial charge < -0.3 is 4.90 Å². The van der Waals surface area contributed by atoms with Gasteiger partial charge in [-0.15, -0.1) is 11.3 Å². The van der Waals surface area contributed by atoms with E-state index in [1.54, 1.807) is 11.3 Å². The number of likely N-dealkylation sites (N-methyl/N-ethyl adjacent to an activating group) is 1. The number of amides is 1. The molecule has 0 bridgehead atoms. The number of benzene rings is 1. The third-order valence-corrected chi connectivity index (χ3v) is 6.27. The summed E-state index contributed by atoms with van der Waals surface area (Å²) in [6.45, 7) is 7.12. The summed E-state index contributed by atoms with van der Waals surface area (Å²) in [4.78, 5) is 20.2. The normalized spacial score (nSPS) is 17.2. The molecule has 4 nitrogen and oxygen atoms in total. The van der Waals surface area contributed by atoms with Crippen LogP contribution < -0.4 is 0 Å². The number of rotatable bonds is 6. The number of hydrogen-bond acceptors (Lipinski definition) is 4. The fraction of sp³-hybridized carbons (Fsp3) is 0.450. The number of hydrogen-bond donors (Lipinski definition) is 0. The molecular formula is C20H26ClN3OS. The van der Waals surface area contributed by atoms with Gasteiger partial charge in [0.1, 0.15) is 0 Å². The molecule has 0 N–H and O–H groups in total. The highest BCUT2D eigenvalue weighted by molar-refractivity contribution is 7.09. The summed E-state index contributed by atoms with van der Waals surface area (Å²) < 4.78 is 0. The maximum Gasteiger partial charge on any atom is 0.236 e. The lowest BCUT2D eigenvalue weighted by Crippen LogP contribution is -2.50. The quantitative estimate of drug-likeness (QED) is 0.750. The van der Waals surface area contributed by atoms with Crippen molar-refractivity contribution >= 4 is 28.8 Å². The second kappa shape index (κ2) is 9.00. The summed E-state index contributed by atoms with van der Waals surface area (Å²) in [5.74, 6) is 0.186. The van der Waals surface area contributed by atoms with Crippen molar-refractivity contribution in [1.29, 1.82) is 0 Å². The third kappa shape index (κ3) is 4.86. The molecule has 0 radical (unpaired) electrons. The Kier molecular flexibility index (Phi) is 6.70. The molecule has 0 spiro atoms. The first-order valence-electron chi connectivity index (χ1n) is 9.02. The van der Waals surface area contributed by atoms with Gasteiger partial charge in [-0.25, -0.2) is 0 Å². The maximum atomic E-state index is 12.5. The zero-order valence-corrected chi connectivity index (χ0v) is 17.0. The van der Waals surface area contributed by atoms with E-state index >= 15 is 0 Å². The van der Waals surface area contributed by atoms with Gasteiger partial charge in [0.2, 0.25) is 5.91 Å². The Morgan fingerprint density at radius 2 is 1.92 bits per heavy atom. The van der Waals surface area contributed by atoms with E-state index in [9.17, 15) is 4.79 Å². The van der Waals surface area contributed by atoms with Gasteiger partial charge in [-0.3, -0.25) is 14.6 Å². The zero-order chi connectivity index (χ0) is 18.5. The van der Waals surface area contributed by atoms with Gasteiger partial charge in [-0.05, 0) is 30.0 Å². The summed E-state index contributed by atoms with van der Waals surface area (Å²) in [6, 6.07) is 12.4. The van der Waals surface area contributed by atoms with E-state index in [4.69, 9.17) is 11.6 Å². The second-order valence-corrected chi connectivity index (χ2v) is 8.28. The number of thiophene rings is 1. The fourth-order valence-corrected chi connectivity index (χ4v) is 4.41. The highest BCUT2D eigenvalue weighted by atomic mass is 35.5. The highest BCUT2D eigenvalue weighted by Crippen LogP contribution is 2.27. The van der Waals surface area contributed by atoms with Crippen molar-refractivity contribution in [3.05, 3.63) is 57.2 Å². The molecule has 1 atom stereocenters. The van der Waals surface area contributed by atoms with E-state index in [2.05, 4.69) is 28.9 Å². The van der Waals surface area contributed by atoms with Crippen molar-refractivity contribution < 1.29 is 4.79 Å². The van der Waals surface area contributed by atoms with E-state index in [0.717, 1.165) is 31.2 Å². The first-order valence-corrected chi connectivity index (χ1v) is 10.3. The van der Waals surface area contributed by atoms with Crippen molar-refractivity contribution in [1.82, 2.24) is 14.7 Å². The molecule has 0 saturated carbocycles. The van der Waals surface area contributed by atoms with Gasteiger partial charge in [0.15, 0.2) is 0 Å². The first kappa shape index (κ1) is 19.4. The Morgan fingerprint density at radius 3 is 2.58 bits per heavy atom. The predicted octanol–water partition coefficient (Wildman–Crippen LogP) is 3.74. The third-order valence-electron chi connectivity index (χ3n) is 5.07. The van der Waals surface area contributed by atoms with E-state index in [1.807, 2.05) is 41.6 Å². The van der Waals surface area contributed by atoms with Crippen LogP contribution in [0, 0.1) is 0 Å². The molecular weight excluding hydrogens is 366 g/mol. The largest absolute Gasteiger partial charge is 0.340 e. The Bertz CT molecular complexity index is 714. The molecule has 2 aromatic rings. The van der Waals surface area contributed by atoms with Crippen LogP contribution in [0.25, 0.3) is 0 Å². The van der Waals surface area contributed by atoms with Crippen LogP contribution in [-0.4, -0.2) is 60.4 Å². The van der Waals surface area contributed by atoms with E-state index in [-0.39, 0.29) is 5.91 Å². The van der Waals surface area contributed by atoms with E-state index in [0.29, 0.717) is 19.1 Å². The SMILES string of the molecule is CC(c1ccccc1Cl)N1CCN(CC(=O)N(C)Cc2cccs2)CC1. The van der Waals surface area contributed by atoms with Crippen molar-refractivity contribution in [3.8, 4) is 0 Å². The summed E-state index contributed by atoms with van der Waals surface area (Å²) in [5, 5.41) is 2.88. The van der Waals surface area contributed by atoms with Crippen LogP contribution in [0.4, 0.5) is 0 Å². The summed E-state index contributed by atoms with van der Waals surface area (Å²) in [5.41, 5.74) is 1.18. The Morgan fingerprint density at radius 1 is 1.19 bits per heavy atom. The molecule has 1 aliphatic rings. The first-order chi connectivity index (χ1) is 12.5. The van der Waals surface area contributed by atoms with Crippen LogP contribution in [0.5, 0.6) is 0 Å². The van der Waals surface area contributed by atoms with Crippen LogP contribution >= 0.6 is 22.9 Å². The molecule has 26 heavy (non-hydrogen) atoms. The number of piperazine rings is 1. The molecule has 0 aliphatic carbocycles. The molecule has 2 heterocycles. The molecule has 140 valence electrons. The van der Waals surface area contributed by atoms with Gasteiger partial charge in [-0.2, -0.15) is 0 Å². The molecule has 1 amide bonds. The van der Waals surface area contributed by atoms with Gasteiger partial charge in [0.05, 0.1) is 13.1 Å². The summed E-state index contributed by atoms with van der Waals surface area (Å²) >= 11 is 8.03. The summed E-state index contributed by atoms with van der Waals surface area (Å²) in [6.07, 6.45) is 0. The van der Waals surface area contributed by atoms with Crippen molar-refractivity contribution in [2.75, 3.05) is 39.8 Å². The Balaban J connectivity index is 1.47. The number of carbonyl (C=O) groups excluding carboxylic acids is 1. The van der Waals surface area contributed by atoms with Crippen LogP contribution in [0.3, 0.4) is 0 Å². The number of nitrogens with zero attached hydrogens (tertiary/aromatic N) is 3. The smallest absolute Gasteiger partial charge is 0.236 e. The Hall–Kier alpha value is -1.40. The van der Waals surface area contributed by atoms with Crippen molar-refractivity contribution in [3.63, 3.8) is 0 Å². The van der Waals surface area contributed by atoms with Crippen molar-refractivity contribution in [2.24, 2.45) is 0 Å². The summed E-state index contributed by atoms with van der Waals surface area (Å²) in [7, 11) is 1.89. The van der Waals surface area contributed by atoms with E-state index < -0.39 is 0 Å². The molecule has 1 aromatic heterocycles. The van der Waals surface area contributed by atoms with Crippen LogP contribution in [-0.2, 0) is 11.3 Å². The minimum atomic E-state index is 0.186. The van der Waals surface area contributed by atoms with Crippen LogP contribution in [0.1, 0.15) is 23.4 Å². The van der Waals surface area contributed by atoms with Gasteiger partial charge in [-0.1, -0.05) is 35.9 Å². The lowest BCUT2D eigenvalue weighted by Gasteiger charge is -2.38. The second-order valence-electron chi connectivity index (χ2n) is 6.84. The van der Waals surface area contributed by atoms with Crippen LogP contribution in [0.2, 0.25) is 5.02 Å². The predicted molar refractivity (Wildman–Crippen MR) is 109 cm³/mol. The van der Waals surface area contributed by atoms with Gasteiger partial charge >= 0.3 is 0 Å². The minimum Gasteiger partial charge on any atom is -0.340 e. The zero-order valence-electron chi connectivity index (χ0n) is 15.4. The Labute approximate surface area is 165 Å².